The molecule has 0 heterocycles. The molecule has 0 saturated heterocycles. The molecule has 16 heavy (non-hydrogen) atoms. The van der Waals surface area contributed by atoms with Crippen LogP contribution in [-0.4, -0.2) is 37.6 Å². The fourth-order valence-electron chi connectivity index (χ4n) is 2.75. The molecule has 0 spiro atoms. The van der Waals surface area contributed by atoms with Gasteiger partial charge in [-0.05, 0) is 64.0 Å². The van der Waals surface area contributed by atoms with E-state index in [4.69, 9.17) is 0 Å². The average molecular weight is 224 g/mol. The van der Waals surface area contributed by atoms with Crippen molar-refractivity contribution in [3.05, 3.63) is 0 Å². The zero-order valence-corrected chi connectivity index (χ0v) is 11.0. The van der Waals surface area contributed by atoms with Crippen molar-refractivity contribution in [2.45, 2.75) is 51.5 Å². The van der Waals surface area contributed by atoms with Crippen molar-refractivity contribution in [1.82, 2.24) is 10.2 Å². The molecule has 2 aliphatic carbocycles. The Kier molecular flexibility index (Phi) is 4.66. The second-order valence-electron chi connectivity index (χ2n) is 6.04. The average Bonchev–Trinajstić information content (AvgIpc) is 3.09. The van der Waals surface area contributed by atoms with Crippen molar-refractivity contribution in [3.8, 4) is 0 Å². The molecule has 0 aromatic rings. The number of nitrogens with one attached hydrogen (secondary N) is 1. The van der Waals surface area contributed by atoms with Crippen molar-refractivity contribution >= 4 is 0 Å². The predicted octanol–water partition coefficient (Wildman–Crippen LogP) is 2.50. The molecule has 0 bridgehead atoms. The molecule has 2 heteroatoms. The normalized spacial score (nSPS) is 30.9. The Morgan fingerprint density at radius 3 is 2.38 bits per heavy atom. The molecule has 0 amide bonds. The zero-order chi connectivity index (χ0) is 11.4. The third kappa shape index (κ3) is 4.06. The monoisotopic (exact) mass is 224 g/mol. The van der Waals surface area contributed by atoms with Gasteiger partial charge < -0.3 is 10.2 Å². The van der Waals surface area contributed by atoms with Crippen LogP contribution in [0, 0.1) is 11.8 Å². The summed E-state index contributed by atoms with van der Waals surface area (Å²) < 4.78 is 0. The number of hydrogen-bond acceptors (Lipinski definition) is 2. The molecule has 0 aromatic carbocycles. The Balaban J connectivity index is 1.53. The first-order valence-electron chi connectivity index (χ1n) is 7.16. The van der Waals surface area contributed by atoms with Crippen LogP contribution in [0.3, 0.4) is 0 Å². The Morgan fingerprint density at radius 2 is 1.75 bits per heavy atom. The van der Waals surface area contributed by atoms with Gasteiger partial charge in [0.05, 0.1) is 0 Å². The van der Waals surface area contributed by atoms with Gasteiger partial charge in [0.1, 0.15) is 0 Å². The van der Waals surface area contributed by atoms with E-state index in [-0.39, 0.29) is 0 Å². The van der Waals surface area contributed by atoms with Gasteiger partial charge in [-0.1, -0.05) is 6.92 Å². The van der Waals surface area contributed by atoms with Gasteiger partial charge in [0.25, 0.3) is 0 Å². The molecule has 0 unspecified atom stereocenters. The third-order valence-electron chi connectivity index (χ3n) is 4.38. The van der Waals surface area contributed by atoms with E-state index in [0.29, 0.717) is 0 Å². The van der Waals surface area contributed by atoms with Gasteiger partial charge in [-0.15, -0.1) is 0 Å². The molecule has 0 atom stereocenters. The van der Waals surface area contributed by atoms with Crippen LogP contribution in [0.25, 0.3) is 0 Å². The first-order chi connectivity index (χ1) is 7.75. The molecular weight excluding hydrogens is 196 g/mol. The number of hydrogen-bond donors (Lipinski definition) is 1. The summed E-state index contributed by atoms with van der Waals surface area (Å²) in [7, 11) is 2.31. The van der Waals surface area contributed by atoms with E-state index < -0.39 is 0 Å². The Morgan fingerprint density at radius 1 is 1.06 bits per heavy atom. The summed E-state index contributed by atoms with van der Waals surface area (Å²) in [5.74, 6) is 1.98. The summed E-state index contributed by atoms with van der Waals surface area (Å²) in [5, 5.41) is 3.58. The molecule has 94 valence electrons. The third-order valence-corrected chi connectivity index (χ3v) is 4.38. The van der Waals surface area contributed by atoms with Gasteiger partial charge in [-0.3, -0.25) is 0 Å². The summed E-state index contributed by atoms with van der Waals surface area (Å²) in [5.41, 5.74) is 0. The van der Waals surface area contributed by atoms with Crippen LogP contribution in [0.4, 0.5) is 0 Å². The van der Waals surface area contributed by atoms with Crippen molar-refractivity contribution in [1.29, 1.82) is 0 Å². The van der Waals surface area contributed by atoms with Crippen molar-refractivity contribution in [2.24, 2.45) is 11.8 Å². The topological polar surface area (TPSA) is 15.3 Å². The highest BCUT2D eigenvalue weighted by molar-refractivity contribution is 4.78. The molecule has 2 nitrogen and oxygen atoms in total. The largest absolute Gasteiger partial charge is 0.315 e. The minimum Gasteiger partial charge on any atom is -0.315 e. The molecule has 2 fully saturated rings. The fraction of sp³-hybridized carbons (Fsp3) is 1.00. The maximum atomic E-state index is 3.58. The van der Waals surface area contributed by atoms with Gasteiger partial charge in [0.2, 0.25) is 0 Å². The second-order valence-corrected chi connectivity index (χ2v) is 6.04. The number of likely N-dealkylation sites (N-methyl/N-ethyl adjacent to an activating group) is 1. The van der Waals surface area contributed by atoms with E-state index in [0.717, 1.165) is 17.9 Å². The molecular formula is C14H28N2. The van der Waals surface area contributed by atoms with Crippen LogP contribution in [0.1, 0.15) is 45.4 Å². The maximum Gasteiger partial charge on any atom is 0.0107 e. The van der Waals surface area contributed by atoms with E-state index in [1.54, 1.807) is 0 Å². The lowest BCUT2D eigenvalue weighted by Gasteiger charge is -2.33. The Bertz CT molecular complexity index is 193. The SMILES string of the molecule is CC1CCC(N(C)CCNCC2CC2)CC1. The lowest BCUT2D eigenvalue weighted by Crippen LogP contribution is -2.39. The Hall–Kier alpha value is -0.0800. The molecule has 1 N–H and O–H groups in total. The lowest BCUT2D eigenvalue weighted by atomic mass is 9.87. The maximum absolute atomic E-state index is 3.58. The predicted molar refractivity (Wildman–Crippen MR) is 69.6 cm³/mol. The highest BCUT2D eigenvalue weighted by Crippen LogP contribution is 2.27. The first kappa shape index (κ1) is 12.4. The standard InChI is InChI=1S/C14H28N2/c1-12-3-7-14(8-4-12)16(2)10-9-15-11-13-5-6-13/h12-15H,3-11H2,1-2H3. The molecule has 0 aromatic heterocycles. The fourth-order valence-corrected chi connectivity index (χ4v) is 2.75. The van der Waals surface area contributed by atoms with Crippen molar-refractivity contribution < 1.29 is 0 Å². The molecule has 2 saturated carbocycles. The highest BCUT2D eigenvalue weighted by Gasteiger charge is 2.22. The van der Waals surface area contributed by atoms with Crippen LogP contribution >= 0.6 is 0 Å². The van der Waals surface area contributed by atoms with Gasteiger partial charge >= 0.3 is 0 Å². The van der Waals surface area contributed by atoms with E-state index >= 15 is 0 Å². The van der Waals surface area contributed by atoms with Crippen molar-refractivity contribution in [3.63, 3.8) is 0 Å². The van der Waals surface area contributed by atoms with Crippen LogP contribution < -0.4 is 5.32 Å². The summed E-state index contributed by atoms with van der Waals surface area (Å²) in [6, 6.07) is 0.860. The van der Waals surface area contributed by atoms with E-state index in [9.17, 15) is 0 Å². The lowest BCUT2D eigenvalue weighted by molar-refractivity contribution is 0.171. The van der Waals surface area contributed by atoms with Crippen LogP contribution in [-0.2, 0) is 0 Å². The van der Waals surface area contributed by atoms with Gasteiger partial charge in [0.15, 0.2) is 0 Å². The summed E-state index contributed by atoms with van der Waals surface area (Å²) in [6.45, 7) is 6.06. The summed E-state index contributed by atoms with van der Waals surface area (Å²) in [6.07, 6.45) is 8.63. The summed E-state index contributed by atoms with van der Waals surface area (Å²) in [4.78, 5) is 2.58. The Labute approximate surface area is 101 Å². The smallest absolute Gasteiger partial charge is 0.0107 e. The zero-order valence-electron chi connectivity index (χ0n) is 11.0. The minimum absolute atomic E-state index is 0.860. The first-order valence-corrected chi connectivity index (χ1v) is 7.16. The number of nitrogens with zero attached hydrogens (tertiary/aromatic N) is 1. The van der Waals surface area contributed by atoms with Crippen LogP contribution in [0.5, 0.6) is 0 Å². The second kappa shape index (κ2) is 6.02. The number of rotatable bonds is 6. The molecule has 0 aliphatic heterocycles. The minimum atomic E-state index is 0.860. The van der Waals surface area contributed by atoms with E-state index in [1.165, 1.54) is 58.2 Å². The van der Waals surface area contributed by atoms with Gasteiger partial charge in [-0.25, -0.2) is 0 Å². The highest BCUT2D eigenvalue weighted by atomic mass is 15.1. The summed E-state index contributed by atoms with van der Waals surface area (Å²) >= 11 is 0. The van der Waals surface area contributed by atoms with Gasteiger partial charge in [0, 0.05) is 19.1 Å². The molecule has 2 aliphatic rings. The quantitative estimate of drug-likeness (QED) is 0.697. The van der Waals surface area contributed by atoms with Crippen molar-refractivity contribution in [2.75, 3.05) is 26.7 Å². The van der Waals surface area contributed by atoms with E-state index in [2.05, 4.69) is 24.2 Å². The molecule has 0 radical (unpaired) electrons. The van der Waals surface area contributed by atoms with Crippen LogP contribution in [0.2, 0.25) is 0 Å². The van der Waals surface area contributed by atoms with E-state index in [1.807, 2.05) is 0 Å². The molecule has 2 rings (SSSR count). The van der Waals surface area contributed by atoms with Gasteiger partial charge in [-0.2, -0.15) is 0 Å². The van der Waals surface area contributed by atoms with Crippen LogP contribution in [0.15, 0.2) is 0 Å².